The molecule has 184 valence electrons. The maximum Gasteiger partial charge on any atom is 0.261 e. The highest BCUT2D eigenvalue weighted by Gasteiger charge is 2.39. The van der Waals surface area contributed by atoms with Gasteiger partial charge in [0.15, 0.2) is 0 Å². The summed E-state index contributed by atoms with van der Waals surface area (Å²) in [4.78, 5) is 13.6. The zero-order valence-corrected chi connectivity index (χ0v) is 21.4. The quantitative estimate of drug-likeness (QED) is 0.429. The van der Waals surface area contributed by atoms with Crippen LogP contribution in [-0.4, -0.2) is 19.9 Å². The van der Waals surface area contributed by atoms with Crippen LogP contribution in [0.3, 0.4) is 0 Å². The van der Waals surface area contributed by atoms with Crippen molar-refractivity contribution in [2.24, 2.45) is 0 Å². The molecule has 3 aromatic rings. The van der Waals surface area contributed by atoms with Crippen molar-refractivity contribution in [2.45, 2.75) is 63.5 Å². The molecule has 1 aliphatic rings. The van der Waals surface area contributed by atoms with Crippen LogP contribution in [0.2, 0.25) is 0 Å². The number of para-hydroxylation sites is 1. The lowest BCUT2D eigenvalue weighted by Gasteiger charge is -2.41. The number of carbonyl (C=O) groups excluding carboxylic acids is 1. The number of aryl methyl sites for hydroxylation is 1. The second-order valence-corrected chi connectivity index (χ2v) is 10.8. The Morgan fingerprint density at radius 2 is 1.66 bits per heavy atom. The molecule has 1 amide bonds. The number of hydrogen-bond acceptors (Lipinski definition) is 4. The first-order valence-electron chi connectivity index (χ1n) is 12.0. The van der Waals surface area contributed by atoms with Crippen molar-refractivity contribution in [3.05, 3.63) is 89.0 Å². The van der Waals surface area contributed by atoms with E-state index in [1.807, 2.05) is 31.2 Å². The van der Waals surface area contributed by atoms with Crippen LogP contribution in [0.15, 0.2) is 71.6 Å². The van der Waals surface area contributed by atoms with E-state index < -0.39 is 10.0 Å². The fraction of sp³-hybridized carbons (Fsp3) is 0.321. The lowest BCUT2D eigenvalue weighted by atomic mass is 9.83. The van der Waals surface area contributed by atoms with Gasteiger partial charge < -0.3 is 10.1 Å². The zero-order valence-electron chi connectivity index (χ0n) is 20.6. The third-order valence-corrected chi connectivity index (χ3v) is 8.33. The molecule has 3 aromatic carbocycles. The van der Waals surface area contributed by atoms with E-state index in [0.29, 0.717) is 23.2 Å². The fourth-order valence-electron chi connectivity index (χ4n) is 4.58. The highest BCUT2D eigenvalue weighted by atomic mass is 32.2. The molecule has 7 heteroatoms. The Balaban J connectivity index is 1.60. The minimum atomic E-state index is -3.78. The molecule has 0 saturated heterocycles. The average molecular weight is 493 g/mol. The Morgan fingerprint density at radius 1 is 0.971 bits per heavy atom. The number of hydrogen-bond donors (Lipinski definition) is 2. The fourth-order valence-corrected chi connectivity index (χ4v) is 5.70. The van der Waals surface area contributed by atoms with Gasteiger partial charge in [-0.25, -0.2) is 8.42 Å². The highest BCUT2D eigenvalue weighted by Crippen LogP contribution is 2.42. The number of fused-ring (bicyclic) bond motifs is 1. The molecule has 35 heavy (non-hydrogen) atoms. The van der Waals surface area contributed by atoms with Crippen LogP contribution in [0.5, 0.6) is 5.75 Å². The molecule has 1 heterocycles. The molecule has 0 fully saturated rings. The summed E-state index contributed by atoms with van der Waals surface area (Å²) in [5.41, 5.74) is 2.96. The van der Waals surface area contributed by atoms with E-state index in [-0.39, 0.29) is 22.4 Å². The Hall–Kier alpha value is -3.32. The third-order valence-electron chi connectivity index (χ3n) is 6.95. The van der Waals surface area contributed by atoms with Crippen LogP contribution >= 0.6 is 0 Å². The highest BCUT2D eigenvalue weighted by molar-refractivity contribution is 7.92. The number of carbonyl (C=O) groups is 1. The van der Waals surface area contributed by atoms with Crippen molar-refractivity contribution in [3.63, 3.8) is 0 Å². The molecule has 6 nitrogen and oxygen atoms in total. The summed E-state index contributed by atoms with van der Waals surface area (Å²) in [6.45, 7) is 7.86. The number of anilines is 1. The third kappa shape index (κ3) is 5.05. The van der Waals surface area contributed by atoms with Gasteiger partial charge in [0.2, 0.25) is 0 Å². The van der Waals surface area contributed by atoms with Crippen LogP contribution in [0.25, 0.3) is 0 Å². The zero-order chi connectivity index (χ0) is 25.2. The molecular weight excluding hydrogens is 460 g/mol. The normalized spacial score (nSPS) is 16.6. The Morgan fingerprint density at radius 3 is 2.34 bits per heavy atom. The van der Waals surface area contributed by atoms with Gasteiger partial charge >= 0.3 is 0 Å². The van der Waals surface area contributed by atoms with E-state index >= 15 is 0 Å². The van der Waals surface area contributed by atoms with E-state index in [1.165, 1.54) is 0 Å². The first-order valence-corrected chi connectivity index (χ1v) is 13.4. The molecule has 1 aliphatic heterocycles. The van der Waals surface area contributed by atoms with Crippen LogP contribution in [0.4, 0.5) is 5.69 Å². The standard InChI is InChI=1S/C28H32N2O4S/c1-5-28(6-2)18-25(23-10-7-8-13-26(23)34-28)29-27(31)22-11-9-12-24(20(22)4)30-35(32,33)21-16-14-19(3)15-17-21/h7-17,25,30H,5-6,18H2,1-4H3,(H,29,31)/t25-/m1/s1. The molecule has 0 unspecified atom stereocenters. The summed E-state index contributed by atoms with van der Waals surface area (Å²) in [7, 11) is -3.78. The smallest absolute Gasteiger partial charge is 0.261 e. The first-order chi connectivity index (χ1) is 16.7. The molecule has 0 aromatic heterocycles. The van der Waals surface area contributed by atoms with Crippen molar-refractivity contribution in [1.29, 1.82) is 0 Å². The van der Waals surface area contributed by atoms with E-state index in [9.17, 15) is 13.2 Å². The van der Waals surface area contributed by atoms with Crippen molar-refractivity contribution >= 4 is 21.6 Å². The van der Waals surface area contributed by atoms with E-state index in [1.54, 1.807) is 49.4 Å². The predicted octanol–water partition coefficient (Wildman–Crippen LogP) is 5.92. The second kappa shape index (κ2) is 9.74. The first kappa shape index (κ1) is 24.8. The summed E-state index contributed by atoms with van der Waals surface area (Å²) < 4.78 is 34.8. The van der Waals surface area contributed by atoms with Crippen LogP contribution in [-0.2, 0) is 10.0 Å². The molecule has 0 saturated carbocycles. The van der Waals surface area contributed by atoms with Gasteiger partial charge in [-0.1, -0.05) is 55.8 Å². The summed E-state index contributed by atoms with van der Waals surface area (Å²) in [5.74, 6) is 0.547. The number of nitrogens with one attached hydrogen (secondary N) is 2. The predicted molar refractivity (Wildman–Crippen MR) is 138 cm³/mol. The molecule has 0 radical (unpaired) electrons. The van der Waals surface area contributed by atoms with Crippen LogP contribution in [0.1, 0.15) is 66.2 Å². The van der Waals surface area contributed by atoms with Gasteiger partial charge in [-0.2, -0.15) is 0 Å². The monoisotopic (exact) mass is 492 g/mol. The van der Waals surface area contributed by atoms with Gasteiger partial charge in [-0.3, -0.25) is 9.52 Å². The SMILES string of the molecule is CCC1(CC)C[C@@H](NC(=O)c2cccc(NS(=O)(=O)c3ccc(C)cc3)c2C)c2ccccc2O1. The van der Waals surface area contributed by atoms with Crippen molar-refractivity contribution in [1.82, 2.24) is 5.32 Å². The van der Waals surface area contributed by atoms with Crippen molar-refractivity contribution in [3.8, 4) is 5.75 Å². The number of amides is 1. The van der Waals surface area contributed by atoms with Crippen LogP contribution < -0.4 is 14.8 Å². The largest absolute Gasteiger partial charge is 0.487 e. The molecular formula is C28H32N2O4S. The molecule has 0 aliphatic carbocycles. The summed E-state index contributed by atoms with van der Waals surface area (Å²) in [6.07, 6.45) is 2.33. The van der Waals surface area contributed by atoms with Crippen molar-refractivity contribution < 1.29 is 17.9 Å². The molecule has 0 bridgehead atoms. The van der Waals surface area contributed by atoms with Gasteiger partial charge in [-0.05, 0) is 62.6 Å². The molecule has 2 N–H and O–H groups in total. The Labute approximate surface area is 207 Å². The minimum absolute atomic E-state index is 0.173. The van der Waals surface area contributed by atoms with Gasteiger partial charge in [0, 0.05) is 17.5 Å². The van der Waals surface area contributed by atoms with Gasteiger partial charge in [0.25, 0.3) is 15.9 Å². The number of sulfonamides is 1. The summed E-state index contributed by atoms with van der Waals surface area (Å²) in [6, 6.07) is 19.3. The van der Waals surface area contributed by atoms with Gasteiger partial charge in [0.1, 0.15) is 11.4 Å². The summed E-state index contributed by atoms with van der Waals surface area (Å²) >= 11 is 0. The Kier molecular flexibility index (Phi) is 6.90. The maximum absolute atomic E-state index is 13.4. The van der Waals surface area contributed by atoms with Crippen LogP contribution in [0, 0.1) is 13.8 Å². The maximum atomic E-state index is 13.4. The Bertz CT molecular complexity index is 1330. The van der Waals surface area contributed by atoms with Gasteiger partial charge in [0.05, 0.1) is 16.6 Å². The number of ether oxygens (including phenoxy) is 1. The number of rotatable bonds is 7. The van der Waals surface area contributed by atoms with E-state index in [0.717, 1.165) is 29.7 Å². The van der Waals surface area contributed by atoms with Gasteiger partial charge in [-0.15, -0.1) is 0 Å². The lowest BCUT2D eigenvalue weighted by Crippen LogP contribution is -2.44. The average Bonchev–Trinajstić information content (AvgIpc) is 2.85. The minimum Gasteiger partial charge on any atom is -0.487 e. The molecule has 1 atom stereocenters. The van der Waals surface area contributed by atoms with E-state index in [4.69, 9.17) is 4.74 Å². The lowest BCUT2D eigenvalue weighted by molar-refractivity contribution is 0.0227. The summed E-state index contributed by atoms with van der Waals surface area (Å²) in [5, 5.41) is 3.19. The molecule has 0 spiro atoms. The number of benzene rings is 3. The van der Waals surface area contributed by atoms with E-state index in [2.05, 4.69) is 23.9 Å². The van der Waals surface area contributed by atoms with Crippen molar-refractivity contribution in [2.75, 3.05) is 4.72 Å². The second-order valence-electron chi connectivity index (χ2n) is 9.16. The topological polar surface area (TPSA) is 84.5 Å². The molecule has 4 rings (SSSR count).